The third-order valence-electron chi connectivity index (χ3n) is 9.68. The zero-order valence-electron chi connectivity index (χ0n) is 27.1. The van der Waals surface area contributed by atoms with Crippen LogP contribution < -0.4 is 11.1 Å². The van der Waals surface area contributed by atoms with E-state index in [-0.39, 0.29) is 11.1 Å². The fraction of sp³-hybridized carbons (Fsp3) is 0. The third kappa shape index (κ3) is 4.25. The predicted molar refractivity (Wildman–Crippen MR) is 205 cm³/mol. The van der Waals surface area contributed by atoms with E-state index in [2.05, 4.69) is 0 Å². The van der Waals surface area contributed by atoms with Crippen molar-refractivity contribution in [3.63, 3.8) is 0 Å². The summed E-state index contributed by atoms with van der Waals surface area (Å²) in [6.07, 6.45) is 0. The molecule has 0 saturated carbocycles. The summed E-state index contributed by atoms with van der Waals surface area (Å²) in [6, 6.07) is 52.9. The molecular weight excluding hydrogens is 631 g/mol. The van der Waals surface area contributed by atoms with Crippen molar-refractivity contribution >= 4 is 49.3 Å². The fourth-order valence-electron chi connectivity index (χ4n) is 7.53. The number of benzene rings is 6. The Morgan fingerprint density at radius 1 is 0.431 bits per heavy atom. The molecule has 10 rings (SSSR count). The summed E-state index contributed by atoms with van der Waals surface area (Å²) in [5.41, 5.74) is 6.74. The number of hydrogen-bond donors (Lipinski definition) is 0. The van der Waals surface area contributed by atoms with E-state index in [1.165, 1.54) is 0 Å². The minimum absolute atomic E-state index is 0.289. The lowest BCUT2D eigenvalue weighted by atomic mass is 9.98. The Morgan fingerprint density at radius 2 is 1.00 bits per heavy atom. The highest BCUT2D eigenvalue weighted by molar-refractivity contribution is 6.19. The first-order valence-corrected chi connectivity index (χ1v) is 16.8. The van der Waals surface area contributed by atoms with Gasteiger partial charge in [-0.1, -0.05) is 127 Å². The van der Waals surface area contributed by atoms with Gasteiger partial charge in [0.2, 0.25) is 5.95 Å². The normalized spacial score (nSPS) is 11.7. The largest absolute Gasteiger partial charge is 0.280 e. The molecule has 7 nitrogen and oxygen atoms in total. The Bertz CT molecular complexity index is 3110. The summed E-state index contributed by atoms with van der Waals surface area (Å²) in [7, 11) is 0. The zero-order valence-corrected chi connectivity index (χ0v) is 27.1. The smallest absolute Gasteiger partial charge is 0.274 e. The van der Waals surface area contributed by atoms with Gasteiger partial charge in [0, 0.05) is 33.0 Å². The van der Waals surface area contributed by atoms with Gasteiger partial charge < -0.3 is 0 Å². The van der Waals surface area contributed by atoms with Gasteiger partial charge in [-0.25, -0.2) is 9.97 Å². The van der Waals surface area contributed by atoms with Crippen LogP contribution in [0.2, 0.25) is 0 Å². The second-order valence-corrected chi connectivity index (χ2v) is 12.5. The third-order valence-corrected chi connectivity index (χ3v) is 9.68. The average molecular weight is 658 g/mol. The van der Waals surface area contributed by atoms with Crippen LogP contribution >= 0.6 is 0 Å². The van der Waals surface area contributed by atoms with Crippen LogP contribution in [0.25, 0.3) is 83.3 Å². The lowest BCUT2D eigenvalue weighted by Gasteiger charge is -2.18. The first-order chi connectivity index (χ1) is 25.2. The fourth-order valence-corrected chi connectivity index (χ4v) is 7.53. The summed E-state index contributed by atoms with van der Waals surface area (Å²) in [6.45, 7) is 0. The number of rotatable bonds is 4. The van der Waals surface area contributed by atoms with Crippen molar-refractivity contribution in [1.29, 1.82) is 0 Å². The summed E-state index contributed by atoms with van der Waals surface area (Å²) >= 11 is 0. The average Bonchev–Trinajstić information content (AvgIpc) is 3.54. The molecule has 0 spiro atoms. The van der Waals surface area contributed by atoms with Crippen LogP contribution in [-0.4, -0.2) is 23.5 Å². The lowest BCUT2D eigenvalue weighted by Crippen LogP contribution is -2.29. The number of hydrogen-bond acceptors (Lipinski definition) is 4. The Kier molecular flexibility index (Phi) is 6.35. The van der Waals surface area contributed by atoms with Crippen LogP contribution in [0.4, 0.5) is 0 Å². The molecule has 4 heterocycles. The van der Waals surface area contributed by atoms with Gasteiger partial charge in [0.15, 0.2) is 0 Å². The SMILES string of the molecule is O=c1c2c(-c3ccccc3)c3c4ccccc4n(-c4nc(-c5ccccc5)c5ccccc5n4)c3c(=O)n2c2ccccc2n1-c1ccccc1. The molecule has 51 heavy (non-hydrogen) atoms. The Hall–Kier alpha value is -7.12. The molecule has 0 aliphatic heterocycles. The molecule has 0 fully saturated rings. The van der Waals surface area contributed by atoms with Gasteiger partial charge >= 0.3 is 0 Å². The second kappa shape index (κ2) is 11.2. The molecule has 0 atom stereocenters. The van der Waals surface area contributed by atoms with E-state index < -0.39 is 0 Å². The summed E-state index contributed by atoms with van der Waals surface area (Å²) < 4.78 is 5.18. The molecule has 240 valence electrons. The Labute approximate surface area is 290 Å². The standard InChI is InChI=1S/C44H27N5O2/c50-42-40-37(28-16-4-1-5-17-28)38-32-23-11-13-25-34(32)49(44-45-33-24-12-10-22-31(33)39(46-44)29-18-6-2-7-19-29)41(38)43(51)48(40)36-27-15-14-26-35(36)47(42)30-20-8-3-9-21-30/h1-27H. The molecule has 0 saturated heterocycles. The van der Waals surface area contributed by atoms with E-state index in [0.717, 1.165) is 38.6 Å². The highest BCUT2D eigenvalue weighted by atomic mass is 16.1. The maximum absolute atomic E-state index is 15.4. The van der Waals surface area contributed by atoms with E-state index in [1.807, 2.05) is 168 Å². The maximum atomic E-state index is 15.4. The highest BCUT2D eigenvalue weighted by Crippen LogP contribution is 2.39. The van der Waals surface area contributed by atoms with Crippen LogP contribution in [0.5, 0.6) is 0 Å². The molecule has 10 aromatic rings. The molecule has 0 unspecified atom stereocenters. The van der Waals surface area contributed by atoms with Crippen LogP contribution in [-0.2, 0) is 0 Å². The van der Waals surface area contributed by atoms with Crippen LogP contribution in [0.1, 0.15) is 0 Å². The van der Waals surface area contributed by atoms with Gasteiger partial charge in [-0.15, -0.1) is 0 Å². The van der Waals surface area contributed by atoms with Crippen molar-refractivity contribution in [3.05, 3.63) is 184 Å². The number of nitrogens with zero attached hydrogens (tertiary/aromatic N) is 5. The van der Waals surface area contributed by atoms with Crippen LogP contribution in [0.3, 0.4) is 0 Å². The molecule has 7 heteroatoms. The van der Waals surface area contributed by atoms with Crippen molar-refractivity contribution in [2.24, 2.45) is 0 Å². The van der Waals surface area contributed by atoms with E-state index in [9.17, 15) is 0 Å². The zero-order chi connectivity index (χ0) is 34.1. The summed E-state index contributed by atoms with van der Waals surface area (Å²) in [4.78, 5) is 40.8. The van der Waals surface area contributed by atoms with Crippen LogP contribution in [0.15, 0.2) is 173 Å². The molecular formula is C44H27N5O2. The van der Waals surface area contributed by atoms with Crippen LogP contribution in [0, 0.1) is 0 Å². The molecule has 0 aliphatic carbocycles. The summed E-state index contributed by atoms with van der Waals surface area (Å²) in [5, 5.41) is 2.41. The van der Waals surface area contributed by atoms with Crippen molar-refractivity contribution in [3.8, 4) is 34.0 Å². The quantitative estimate of drug-likeness (QED) is 0.177. The summed E-state index contributed by atoms with van der Waals surface area (Å²) in [5.74, 6) is 0.372. The Morgan fingerprint density at radius 3 is 1.73 bits per heavy atom. The van der Waals surface area contributed by atoms with Crippen molar-refractivity contribution < 1.29 is 0 Å². The first-order valence-electron chi connectivity index (χ1n) is 16.8. The van der Waals surface area contributed by atoms with E-state index >= 15 is 9.59 Å². The van der Waals surface area contributed by atoms with E-state index in [0.29, 0.717) is 44.7 Å². The first kappa shape index (κ1) is 28.9. The number of para-hydroxylation sites is 5. The van der Waals surface area contributed by atoms with Crippen molar-refractivity contribution in [2.75, 3.05) is 0 Å². The number of aromatic nitrogens is 5. The number of pyridine rings is 1. The molecule has 0 bridgehead atoms. The molecule has 0 aliphatic rings. The second-order valence-electron chi connectivity index (χ2n) is 12.5. The van der Waals surface area contributed by atoms with Gasteiger partial charge in [-0.3, -0.25) is 23.1 Å². The topological polar surface area (TPSA) is 74.2 Å². The van der Waals surface area contributed by atoms with Gasteiger partial charge in [-0.05, 0) is 42.0 Å². The predicted octanol–water partition coefficient (Wildman–Crippen LogP) is 8.98. The minimum Gasteiger partial charge on any atom is -0.274 e. The molecule has 0 N–H and O–H groups in total. The van der Waals surface area contributed by atoms with Crippen molar-refractivity contribution in [1.82, 2.24) is 23.5 Å². The van der Waals surface area contributed by atoms with Gasteiger partial charge in [0.25, 0.3) is 11.1 Å². The molecule has 0 radical (unpaired) electrons. The van der Waals surface area contributed by atoms with Crippen molar-refractivity contribution in [2.45, 2.75) is 0 Å². The maximum Gasteiger partial charge on any atom is 0.280 e. The monoisotopic (exact) mass is 657 g/mol. The number of fused-ring (bicyclic) bond motifs is 7. The van der Waals surface area contributed by atoms with E-state index in [4.69, 9.17) is 9.97 Å². The molecule has 4 aromatic heterocycles. The molecule has 0 amide bonds. The molecule has 6 aromatic carbocycles. The lowest BCUT2D eigenvalue weighted by molar-refractivity contribution is 0.983. The van der Waals surface area contributed by atoms with Gasteiger partial charge in [0.05, 0.1) is 27.8 Å². The van der Waals surface area contributed by atoms with Gasteiger partial charge in [-0.2, -0.15) is 0 Å². The van der Waals surface area contributed by atoms with E-state index in [1.54, 1.807) is 8.97 Å². The highest BCUT2D eigenvalue weighted by Gasteiger charge is 2.27. The van der Waals surface area contributed by atoms with Gasteiger partial charge in [0.1, 0.15) is 11.0 Å². The minimum atomic E-state index is -0.331. The Balaban J connectivity index is 1.47.